The van der Waals surface area contributed by atoms with Crippen LogP contribution in [0, 0.1) is 6.92 Å². The van der Waals surface area contributed by atoms with Crippen molar-refractivity contribution in [2.75, 3.05) is 31.6 Å². The van der Waals surface area contributed by atoms with Crippen molar-refractivity contribution in [3.05, 3.63) is 36.8 Å². The monoisotopic (exact) mass is 344 g/mol. The lowest BCUT2D eigenvalue weighted by Gasteiger charge is -2.41. The van der Waals surface area contributed by atoms with Crippen LogP contribution in [-0.2, 0) is 11.3 Å². The van der Waals surface area contributed by atoms with Gasteiger partial charge < -0.3 is 19.5 Å². The molecule has 8 nitrogen and oxygen atoms in total. The third kappa shape index (κ3) is 4.14. The number of aryl methyl sites for hydroxylation is 1. The molecular weight excluding hydrogens is 320 g/mol. The molecular formula is C17H24N6O2. The minimum Gasteiger partial charge on any atom is -0.386 e. The summed E-state index contributed by atoms with van der Waals surface area (Å²) in [6.07, 6.45) is 9.93. The predicted molar refractivity (Wildman–Crippen MR) is 93.0 cm³/mol. The number of hydrogen-bond donors (Lipinski definition) is 1. The van der Waals surface area contributed by atoms with E-state index in [1.165, 1.54) is 0 Å². The summed E-state index contributed by atoms with van der Waals surface area (Å²) in [6.45, 7) is 3.64. The second-order valence-corrected chi connectivity index (χ2v) is 6.67. The van der Waals surface area contributed by atoms with E-state index < -0.39 is 5.60 Å². The number of β-amino-alcohol motifs (C(OH)–C–C–N with tert-alkyl or cyclic N) is 1. The number of imidazole rings is 1. The Morgan fingerprint density at radius 1 is 1.36 bits per heavy atom. The van der Waals surface area contributed by atoms with E-state index in [1.54, 1.807) is 47.5 Å². The Labute approximate surface area is 147 Å². The van der Waals surface area contributed by atoms with Crippen LogP contribution in [0.1, 0.15) is 18.7 Å². The van der Waals surface area contributed by atoms with Gasteiger partial charge in [0.2, 0.25) is 5.91 Å². The van der Waals surface area contributed by atoms with Gasteiger partial charge in [0.25, 0.3) is 0 Å². The second-order valence-electron chi connectivity index (χ2n) is 6.67. The van der Waals surface area contributed by atoms with Gasteiger partial charge in [-0.15, -0.1) is 0 Å². The molecule has 0 unspecified atom stereocenters. The molecule has 8 heteroatoms. The fourth-order valence-corrected chi connectivity index (χ4v) is 3.26. The topological polar surface area (TPSA) is 87.4 Å². The number of carbonyl (C=O) groups is 1. The van der Waals surface area contributed by atoms with Crippen molar-refractivity contribution < 1.29 is 9.90 Å². The third-order valence-corrected chi connectivity index (χ3v) is 4.62. The number of likely N-dealkylation sites (N-methyl/N-ethyl adjacent to an activating group) is 1. The second kappa shape index (κ2) is 7.18. The minimum absolute atomic E-state index is 0.0499. The van der Waals surface area contributed by atoms with Crippen LogP contribution in [0.3, 0.4) is 0 Å². The molecule has 0 aromatic carbocycles. The zero-order valence-electron chi connectivity index (χ0n) is 14.7. The van der Waals surface area contributed by atoms with Gasteiger partial charge in [0, 0.05) is 44.9 Å². The predicted octanol–water partition coefficient (Wildman–Crippen LogP) is 0.471. The maximum atomic E-state index is 12.5. The van der Waals surface area contributed by atoms with Gasteiger partial charge in [-0.2, -0.15) is 0 Å². The first-order chi connectivity index (χ1) is 12.0. The Balaban J connectivity index is 1.62. The Morgan fingerprint density at radius 3 is 2.88 bits per heavy atom. The first kappa shape index (κ1) is 17.3. The van der Waals surface area contributed by atoms with Crippen molar-refractivity contribution in [2.45, 2.75) is 31.9 Å². The fourth-order valence-electron chi connectivity index (χ4n) is 3.26. The van der Waals surface area contributed by atoms with Gasteiger partial charge in [-0.1, -0.05) is 0 Å². The molecule has 1 amide bonds. The normalized spacial score (nSPS) is 20.5. The summed E-state index contributed by atoms with van der Waals surface area (Å²) in [5.41, 5.74) is -0.954. The molecule has 0 radical (unpaired) electrons. The summed E-state index contributed by atoms with van der Waals surface area (Å²) >= 11 is 0. The highest BCUT2D eigenvalue weighted by atomic mass is 16.3. The molecule has 25 heavy (non-hydrogen) atoms. The van der Waals surface area contributed by atoms with E-state index in [1.807, 2.05) is 11.8 Å². The summed E-state index contributed by atoms with van der Waals surface area (Å²) < 4.78 is 1.80. The molecule has 2 aromatic rings. The molecule has 134 valence electrons. The molecule has 0 spiro atoms. The molecule has 3 heterocycles. The summed E-state index contributed by atoms with van der Waals surface area (Å²) in [6, 6.07) is 0. The van der Waals surface area contributed by atoms with Gasteiger partial charge in [0.15, 0.2) is 0 Å². The molecule has 1 aliphatic heterocycles. The molecule has 0 saturated carbocycles. The largest absolute Gasteiger partial charge is 0.386 e. The van der Waals surface area contributed by atoms with Crippen molar-refractivity contribution >= 4 is 11.7 Å². The number of carbonyl (C=O) groups excluding carboxylic acids is 1. The molecule has 0 aliphatic carbocycles. The lowest BCUT2D eigenvalue weighted by molar-refractivity contribution is -0.134. The molecule has 1 saturated heterocycles. The van der Waals surface area contributed by atoms with E-state index in [2.05, 4.69) is 15.0 Å². The maximum Gasteiger partial charge on any atom is 0.242 e. The molecule has 1 aliphatic rings. The molecule has 2 aromatic heterocycles. The van der Waals surface area contributed by atoms with Crippen LogP contribution in [0.15, 0.2) is 31.0 Å². The summed E-state index contributed by atoms with van der Waals surface area (Å²) in [7, 11) is 1.73. The molecule has 1 atom stereocenters. The van der Waals surface area contributed by atoms with Crippen LogP contribution in [-0.4, -0.2) is 67.7 Å². The lowest BCUT2D eigenvalue weighted by atomic mass is 9.92. The Hall–Kier alpha value is -2.48. The number of nitrogens with zero attached hydrogens (tertiary/aromatic N) is 6. The number of hydrogen-bond acceptors (Lipinski definition) is 6. The van der Waals surface area contributed by atoms with Crippen molar-refractivity contribution in [1.82, 2.24) is 24.4 Å². The smallest absolute Gasteiger partial charge is 0.242 e. The average molecular weight is 344 g/mol. The summed E-state index contributed by atoms with van der Waals surface area (Å²) in [5, 5.41) is 11.0. The zero-order chi connectivity index (χ0) is 17.9. The van der Waals surface area contributed by atoms with Crippen LogP contribution < -0.4 is 4.90 Å². The highest BCUT2D eigenvalue weighted by molar-refractivity contribution is 5.75. The highest BCUT2D eigenvalue weighted by Gasteiger charge is 2.36. The van der Waals surface area contributed by atoms with E-state index in [4.69, 9.17) is 0 Å². The molecule has 3 rings (SSSR count). The van der Waals surface area contributed by atoms with Crippen LogP contribution in [0.4, 0.5) is 5.82 Å². The van der Waals surface area contributed by atoms with Crippen LogP contribution in [0.25, 0.3) is 0 Å². The van der Waals surface area contributed by atoms with Crippen molar-refractivity contribution in [2.24, 2.45) is 0 Å². The summed E-state index contributed by atoms with van der Waals surface area (Å²) in [4.78, 5) is 28.6. The number of aromatic nitrogens is 4. The summed E-state index contributed by atoms with van der Waals surface area (Å²) in [5.74, 6) is 1.50. The van der Waals surface area contributed by atoms with E-state index in [0.29, 0.717) is 13.0 Å². The number of aliphatic hydroxyl groups is 1. The SMILES string of the molecule is Cc1nccn1CC(=O)N(C)C[C@]1(O)CCCN(c2cnccn2)C1. The van der Waals surface area contributed by atoms with E-state index >= 15 is 0 Å². The number of rotatable bonds is 5. The quantitative estimate of drug-likeness (QED) is 0.848. The molecule has 1 N–H and O–H groups in total. The Kier molecular flexibility index (Phi) is 4.98. The highest BCUT2D eigenvalue weighted by Crippen LogP contribution is 2.25. The fraction of sp³-hybridized carbons (Fsp3) is 0.529. The van der Waals surface area contributed by atoms with Crippen molar-refractivity contribution in [3.63, 3.8) is 0 Å². The molecule has 1 fully saturated rings. The zero-order valence-corrected chi connectivity index (χ0v) is 14.7. The maximum absolute atomic E-state index is 12.5. The van der Waals surface area contributed by atoms with Gasteiger partial charge in [-0.3, -0.25) is 9.78 Å². The van der Waals surface area contributed by atoms with E-state index in [0.717, 1.165) is 24.6 Å². The Bertz CT molecular complexity index is 719. The van der Waals surface area contributed by atoms with Crippen molar-refractivity contribution in [3.8, 4) is 0 Å². The standard InChI is InChI=1S/C17H24N6O2/c1-14-19-7-9-22(14)11-16(24)21(2)12-17(25)4-3-8-23(13-17)15-10-18-5-6-20-15/h5-7,9-10,25H,3-4,8,11-13H2,1-2H3/t17-/m1/s1. The van der Waals surface area contributed by atoms with Gasteiger partial charge in [0.05, 0.1) is 18.3 Å². The number of amides is 1. The Morgan fingerprint density at radius 2 is 2.20 bits per heavy atom. The van der Waals surface area contributed by atoms with Gasteiger partial charge in [0.1, 0.15) is 18.2 Å². The number of piperidine rings is 1. The van der Waals surface area contributed by atoms with Crippen LogP contribution in [0.5, 0.6) is 0 Å². The third-order valence-electron chi connectivity index (χ3n) is 4.62. The van der Waals surface area contributed by atoms with Gasteiger partial charge in [-0.05, 0) is 19.8 Å². The first-order valence-corrected chi connectivity index (χ1v) is 8.42. The van der Waals surface area contributed by atoms with Crippen molar-refractivity contribution in [1.29, 1.82) is 0 Å². The molecule has 0 bridgehead atoms. The van der Waals surface area contributed by atoms with Crippen LogP contribution in [0.2, 0.25) is 0 Å². The van der Waals surface area contributed by atoms with E-state index in [-0.39, 0.29) is 19.0 Å². The van der Waals surface area contributed by atoms with Gasteiger partial charge in [-0.25, -0.2) is 9.97 Å². The average Bonchev–Trinajstić information content (AvgIpc) is 3.00. The lowest BCUT2D eigenvalue weighted by Crippen LogP contribution is -2.55. The van der Waals surface area contributed by atoms with Gasteiger partial charge >= 0.3 is 0 Å². The first-order valence-electron chi connectivity index (χ1n) is 8.42. The van der Waals surface area contributed by atoms with E-state index in [9.17, 15) is 9.90 Å². The number of anilines is 1. The van der Waals surface area contributed by atoms with Crippen LogP contribution >= 0.6 is 0 Å². The minimum atomic E-state index is -0.954.